The minimum Gasteiger partial charge on any atom is -0.368 e. The molecule has 1 aliphatic heterocycles. The largest absolute Gasteiger partial charge is 0.368 e. The Morgan fingerprint density at radius 1 is 1.13 bits per heavy atom. The number of nitriles is 1. The molecule has 1 amide bonds. The second-order valence-electron chi connectivity index (χ2n) is 8.47. The van der Waals surface area contributed by atoms with Crippen molar-refractivity contribution in [3.8, 4) is 17.2 Å². The summed E-state index contributed by atoms with van der Waals surface area (Å²) in [5, 5.41) is 12.8. The molecule has 2 fully saturated rings. The van der Waals surface area contributed by atoms with E-state index in [2.05, 4.69) is 16.3 Å². The van der Waals surface area contributed by atoms with E-state index >= 15 is 0 Å². The number of carbonyl (C=O) groups excluding carboxylic acids is 1. The molecular weight excluding hydrogens is 379 g/mol. The summed E-state index contributed by atoms with van der Waals surface area (Å²) in [5.74, 6) is -0.324. The Bertz CT molecular complexity index is 960. The molecule has 1 saturated heterocycles. The first kappa shape index (κ1) is 20.4. The Hall–Kier alpha value is -2.91. The van der Waals surface area contributed by atoms with Crippen LogP contribution in [0, 0.1) is 17.1 Å². The zero-order valence-electron chi connectivity index (χ0n) is 17.0. The van der Waals surface area contributed by atoms with Gasteiger partial charge in [-0.05, 0) is 54.7 Å². The van der Waals surface area contributed by atoms with Crippen LogP contribution in [-0.2, 0) is 4.79 Å². The van der Waals surface area contributed by atoms with Gasteiger partial charge in [0.05, 0.1) is 16.8 Å². The normalized spacial score (nSPS) is 20.6. The zero-order chi connectivity index (χ0) is 21.1. The van der Waals surface area contributed by atoms with Crippen molar-refractivity contribution in [1.82, 2.24) is 5.32 Å². The molecule has 1 atom stereocenters. The Kier molecular flexibility index (Phi) is 5.74. The molecule has 0 bridgehead atoms. The molecule has 1 saturated carbocycles. The van der Waals surface area contributed by atoms with Gasteiger partial charge in [0.2, 0.25) is 5.91 Å². The molecule has 0 unspecified atom stereocenters. The first-order chi connectivity index (χ1) is 14.5. The third-order valence-corrected chi connectivity index (χ3v) is 6.36. The standard InChI is InChI=1S/C24H27FN4O/c25-20-7-4-17(5-8-20)18-6-9-22(19(14-18)15-26)29-13-10-21(16-29)28-23(30)24(27)11-2-1-3-12-24/h4-9,14,21H,1-3,10-13,16,27H2,(H,28,30)/t21-/m0/s1. The molecule has 0 spiro atoms. The van der Waals surface area contributed by atoms with E-state index in [0.717, 1.165) is 61.9 Å². The summed E-state index contributed by atoms with van der Waals surface area (Å²) in [7, 11) is 0. The second-order valence-corrected chi connectivity index (χ2v) is 8.47. The van der Waals surface area contributed by atoms with Gasteiger partial charge in [-0.15, -0.1) is 0 Å². The molecule has 6 heteroatoms. The van der Waals surface area contributed by atoms with Crippen LogP contribution in [0.4, 0.5) is 10.1 Å². The number of nitrogens with zero attached hydrogens (tertiary/aromatic N) is 2. The zero-order valence-corrected chi connectivity index (χ0v) is 17.0. The molecule has 30 heavy (non-hydrogen) atoms. The van der Waals surface area contributed by atoms with Gasteiger partial charge in [-0.1, -0.05) is 37.5 Å². The van der Waals surface area contributed by atoms with Gasteiger partial charge in [0.25, 0.3) is 0 Å². The monoisotopic (exact) mass is 406 g/mol. The lowest BCUT2D eigenvalue weighted by Crippen LogP contribution is -2.57. The number of nitrogens with two attached hydrogens (primary N) is 1. The first-order valence-electron chi connectivity index (χ1n) is 10.6. The van der Waals surface area contributed by atoms with Crippen molar-refractivity contribution in [1.29, 1.82) is 5.26 Å². The molecular formula is C24H27FN4O. The maximum atomic E-state index is 13.2. The van der Waals surface area contributed by atoms with Crippen molar-refractivity contribution < 1.29 is 9.18 Å². The summed E-state index contributed by atoms with van der Waals surface area (Å²) in [4.78, 5) is 14.9. The van der Waals surface area contributed by atoms with Gasteiger partial charge in [0, 0.05) is 19.1 Å². The van der Waals surface area contributed by atoms with Gasteiger partial charge in [-0.2, -0.15) is 5.26 Å². The molecule has 4 rings (SSSR count). The number of amides is 1. The predicted molar refractivity (Wildman–Crippen MR) is 115 cm³/mol. The topological polar surface area (TPSA) is 82.2 Å². The smallest absolute Gasteiger partial charge is 0.240 e. The lowest BCUT2D eigenvalue weighted by Gasteiger charge is -2.33. The fraction of sp³-hybridized carbons (Fsp3) is 0.417. The summed E-state index contributed by atoms with van der Waals surface area (Å²) < 4.78 is 13.2. The third kappa shape index (κ3) is 4.17. The molecule has 0 aromatic heterocycles. The number of halogens is 1. The lowest BCUT2D eigenvalue weighted by molar-refractivity contribution is -0.128. The Labute approximate surface area is 176 Å². The van der Waals surface area contributed by atoms with Gasteiger partial charge in [0.15, 0.2) is 0 Å². The number of anilines is 1. The first-order valence-corrected chi connectivity index (χ1v) is 10.6. The van der Waals surface area contributed by atoms with E-state index in [0.29, 0.717) is 12.1 Å². The van der Waals surface area contributed by atoms with Crippen LogP contribution in [0.2, 0.25) is 0 Å². The van der Waals surface area contributed by atoms with Gasteiger partial charge in [-0.3, -0.25) is 4.79 Å². The van der Waals surface area contributed by atoms with Crippen molar-refractivity contribution in [3.63, 3.8) is 0 Å². The number of hydrogen-bond acceptors (Lipinski definition) is 4. The molecule has 5 nitrogen and oxygen atoms in total. The fourth-order valence-electron chi connectivity index (χ4n) is 4.56. The van der Waals surface area contributed by atoms with Crippen LogP contribution in [0.25, 0.3) is 11.1 Å². The maximum absolute atomic E-state index is 13.2. The lowest BCUT2D eigenvalue weighted by atomic mass is 9.82. The van der Waals surface area contributed by atoms with Crippen LogP contribution in [0.15, 0.2) is 42.5 Å². The minimum atomic E-state index is -0.736. The van der Waals surface area contributed by atoms with E-state index in [9.17, 15) is 14.4 Å². The highest BCUT2D eigenvalue weighted by molar-refractivity contribution is 5.86. The van der Waals surface area contributed by atoms with E-state index in [1.54, 1.807) is 12.1 Å². The van der Waals surface area contributed by atoms with E-state index in [-0.39, 0.29) is 17.8 Å². The van der Waals surface area contributed by atoms with Gasteiger partial charge >= 0.3 is 0 Å². The average molecular weight is 407 g/mol. The number of hydrogen-bond donors (Lipinski definition) is 2. The summed E-state index contributed by atoms with van der Waals surface area (Å²) in [6.45, 7) is 1.43. The Balaban J connectivity index is 1.45. The van der Waals surface area contributed by atoms with Crippen LogP contribution in [0.1, 0.15) is 44.1 Å². The van der Waals surface area contributed by atoms with Crippen LogP contribution < -0.4 is 16.0 Å². The fourth-order valence-corrected chi connectivity index (χ4v) is 4.56. The SMILES string of the molecule is N#Cc1cc(-c2ccc(F)cc2)ccc1N1CC[C@H](NC(=O)C2(N)CCCCC2)C1. The van der Waals surface area contributed by atoms with E-state index in [1.165, 1.54) is 12.1 Å². The number of rotatable bonds is 4. The van der Waals surface area contributed by atoms with Crippen molar-refractivity contribution in [2.75, 3.05) is 18.0 Å². The highest BCUT2D eigenvalue weighted by Gasteiger charge is 2.37. The highest BCUT2D eigenvalue weighted by Crippen LogP contribution is 2.30. The summed E-state index contributed by atoms with van der Waals surface area (Å²) in [6, 6.07) is 14.3. The van der Waals surface area contributed by atoms with Gasteiger partial charge in [0.1, 0.15) is 11.9 Å². The Morgan fingerprint density at radius 2 is 1.83 bits per heavy atom. The maximum Gasteiger partial charge on any atom is 0.240 e. The van der Waals surface area contributed by atoms with Crippen molar-refractivity contribution >= 4 is 11.6 Å². The number of nitrogens with one attached hydrogen (secondary N) is 1. The number of carbonyl (C=O) groups is 1. The van der Waals surface area contributed by atoms with Gasteiger partial charge in [-0.25, -0.2) is 4.39 Å². The minimum absolute atomic E-state index is 0.0307. The molecule has 0 radical (unpaired) electrons. The van der Waals surface area contributed by atoms with Gasteiger partial charge < -0.3 is 16.0 Å². The van der Waals surface area contributed by atoms with Crippen LogP contribution in [0.3, 0.4) is 0 Å². The average Bonchev–Trinajstić information content (AvgIpc) is 3.22. The quantitative estimate of drug-likeness (QED) is 0.811. The highest BCUT2D eigenvalue weighted by atomic mass is 19.1. The van der Waals surface area contributed by atoms with Crippen LogP contribution in [0.5, 0.6) is 0 Å². The predicted octanol–water partition coefficient (Wildman–Crippen LogP) is 3.72. The van der Waals surface area contributed by atoms with Crippen LogP contribution in [-0.4, -0.2) is 30.6 Å². The molecule has 2 aromatic rings. The molecule has 2 aliphatic rings. The molecule has 2 aromatic carbocycles. The molecule has 3 N–H and O–H groups in total. The Morgan fingerprint density at radius 3 is 2.53 bits per heavy atom. The van der Waals surface area contributed by atoms with Crippen molar-refractivity contribution in [3.05, 3.63) is 53.8 Å². The molecule has 1 aliphatic carbocycles. The molecule has 1 heterocycles. The second kappa shape index (κ2) is 8.45. The molecule has 156 valence electrons. The van der Waals surface area contributed by atoms with E-state index < -0.39 is 5.54 Å². The summed E-state index contributed by atoms with van der Waals surface area (Å²) >= 11 is 0. The number of benzene rings is 2. The van der Waals surface area contributed by atoms with Crippen LogP contribution >= 0.6 is 0 Å². The summed E-state index contributed by atoms with van der Waals surface area (Å²) in [6.07, 6.45) is 5.48. The van der Waals surface area contributed by atoms with E-state index in [1.807, 2.05) is 18.2 Å². The summed E-state index contributed by atoms with van der Waals surface area (Å²) in [5.41, 5.74) is 8.81. The van der Waals surface area contributed by atoms with Crippen molar-refractivity contribution in [2.24, 2.45) is 5.73 Å². The van der Waals surface area contributed by atoms with Crippen molar-refractivity contribution in [2.45, 2.75) is 50.1 Å². The van der Waals surface area contributed by atoms with E-state index in [4.69, 9.17) is 5.73 Å². The third-order valence-electron chi connectivity index (χ3n) is 6.36.